The van der Waals surface area contributed by atoms with Crippen LogP contribution in [-0.4, -0.2) is 45.9 Å². The number of ether oxygens (including phenoxy) is 1. The van der Waals surface area contributed by atoms with Gasteiger partial charge in [0.1, 0.15) is 6.61 Å². The van der Waals surface area contributed by atoms with E-state index in [1.165, 1.54) is 4.90 Å². The van der Waals surface area contributed by atoms with Gasteiger partial charge in [-0.1, -0.05) is 55.8 Å². The molecule has 200 valence electrons. The number of amides is 3. The van der Waals surface area contributed by atoms with Gasteiger partial charge in [-0.25, -0.2) is 9.69 Å². The molecule has 7 nitrogen and oxygen atoms in total. The second-order valence-electron chi connectivity index (χ2n) is 11.5. The van der Waals surface area contributed by atoms with Crippen LogP contribution in [0.4, 0.5) is 4.79 Å². The molecule has 0 radical (unpaired) electrons. The van der Waals surface area contributed by atoms with Gasteiger partial charge in [0.15, 0.2) is 0 Å². The van der Waals surface area contributed by atoms with Crippen molar-refractivity contribution in [2.45, 2.75) is 66.5 Å². The molecule has 0 spiro atoms. The van der Waals surface area contributed by atoms with E-state index in [9.17, 15) is 14.4 Å². The maximum Gasteiger partial charge on any atom is 0.404 e. The fraction of sp³-hybridized carbons (Fsp3) is 0.387. The first-order valence-electron chi connectivity index (χ1n) is 13.0. The minimum absolute atomic E-state index is 0.0531. The molecular formula is C31H37N3O4. The van der Waals surface area contributed by atoms with E-state index < -0.39 is 6.09 Å². The molecule has 2 N–H and O–H groups in total. The monoisotopic (exact) mass is 515 g/mol. The molecule has 2 aromatic carbocycles. The molecular weight excluding hydrogens is 478 g/mol. The van der Waals surface area contributed by atoms with Gasteiger partial charge < -0.3 is 15.4 Å². The Morgan fingerprint density at radius 1 is 0.974 bits per heavy atom. The fourth-order valence-electron chi connectivity index (χ4n) is 5.69. The molecule has 0 fully saturated rings. The zero-order valence-electron chi connectivity index (χ0n) is 23.3. The van der Waals surface area contributed by atoms with Crippen LogP contribution >= 0.6 is 0 Å². The quantitative estimate of drug-likeness (QED) is 0.484. The summed E-state index contributed by atoms with van der Waals surface area (Å²) in [6, 6.07) is 14.7. The first-order valence-corrected chi connectivity index (χ1v) is 13.0. The number of rotatable bonds is 6. The molecule has 2 aromatic rings. The lowest BCUT2D eigenvalue weighted by atomic mass is 9.81. The van der Waals surface area contributed by atoms with Crippen LogP contribution in [0, 0.1) is 12.8 Å². The number of hydrogen-bond acceptors (Lipinski definition) is 5. The number of carbonyl (C=O) groups excluding carboxylic acids is 3. The van der Waals surface area contributed by atoms with E-state index in [0.717, 1.165) is 34.4 Å². The van der Waals surface area contributed by atoms with Crippen molar-refractivity contribution in [3.63, 3.8) is 0 Å². The zero-order chi connectivity index (χ0) is 27.9. The van der Waals surface area contributed by atoms with Crippen LogP contribution in [0.25, 0.3) is 5.57 Å². The Morgan fingerprint density at radius 3 is 2.00 bits per heavy atom. The van der Waals surface area contributed by atoms with E-state index in [0.29, 0.717) is 22.7 Å². The average Bonchev–Trinajstić information content (AvgIpc) is 3.07. The van der Waals surface area contributed by atoms with Gasteiger partial charge in [0.25, 0.3) is 11.8 Å². The van der Waals surface area contributed by atoms with Crippen LogP contribution in [0.15, 0.2) is 65.5 Å². The summed E-state index contributed by atoms with van der Waals surface area (Å²) in [5.41, 5.74) is 10.6. The number of fused-ring (bicyclic) bond motifs is 1. The van der Waals surface area contributed by atoms with Crippen molar-refractivity contribution < 1.29 is 19.1 Å². The van der Waals surface area contributed by atoms with E-state index in [-0.39, 0.29) is 30.0 Å². The summed E-state index contributed by atoms with van der Waals surface area (Å²) < 4.78 is 5.43. The second-order valence-corrected chi connectivity index (χ2v) is 11.5. The summed E-state index contributed by atoms with van der Waals surface area (Å²) in [5.74, 6) is -0.409. The van der Waals surface area contributed by atoms with Crippen molar-refractivity contribution in [1.82, 2.24) is 9.80 Å². The van der Waals surface area contributed by atoms with Crippen LogP contribution in [0.1, 0.15) is 79.8 Å². The summed E-state index contributed by atoms with van der Waals surface area (Å²) in [7, 11) is 0. The van der Waals surface area contributed by atoms with E-state index in [1.807, 2.05) is 38.1 Å². The lowest BCUT2D eigenvalue weighted by Gasteiger charge is -2.50. The number of nitrogens with two attached hydrogens (primary N) is 1. The average molecular weight is 516 g/mol. The molecule has 2 aliphatic heterocycles. The highest BCUT2D eigenvalue weighted by atomic mass is 16.5. The first kappa shape index (κ1) is 27.2. The van der Waals surface area contributed by atoms with Crippen LogP contribution < -0.4 is 5.73 Å². The summed E-state index contributed by atoms with van der Waals surface area (Å²) in [6.45, 7) is 14.5. The summed E-state index contributed by atoms with van der Waals surface area (Å²) in [5, 5.41) is 0. The van der Waals surface area contributed by atoms with E-state index in [2.05, 4.69) is 39.5 Å². The smallest absolute Gasteiger partial charge is 0.404 e. The molecule has 1 unspecified atom stereocenters. The molecule has 38 heavy (non-hydrogen) atoms. The molecule has 0 bridgehead atoms. The third kappa shape index (κ3) is 4.85. The molecule has 0 saturated heterocycles. The van der Waals surface area contributed by atoms with Gasteiger partial charge >= 0.3 is 6.09 Å². The first-order chi connectivity index (χ1) is 17.8. The Bertz CT molecular complexity index is 1310. The third-order valence-corrected chi connectivity index (χ3v) is 7.12. The van der Waals surface area contributed by atoms with Crippen molar-refractivity contribution in [2.75, 3.05) is 6.61 Å². The highest BCUT2D eigenvalue weighted by molar-refractivity contribution is 6.23. The molecule has 3 amide bonds. The van der Waals surface area contributed by atoms with Gasteiger partial charge in [-0.15, -0.1) is 0 Å². The molecule has 0 aliphatic carbocycles. The molecule has 4 rings (SSSR count). The number of primary amides is 1. The number of aryl methyl sites for hydroxylation is 1. The maximum absolute atomic E-state index is 13.8. The Hall–Kier alpha value is -3.87. The largest absolute Gasteiger partial charge is 0.445 e. The molecule has 2 aliphatic rings. The fourth-order valence-corrected chi connectivity index (χ4v) is 5.69. The van der Waals surface area contributed by atoms with Gasteiger partial charge in [-0.2, -0.15) is 0 Å². The third-order valence-electron chi connectivity index (χ3n) is 7.12. The van der Waals surface area contributed by atoms with Crippen LogP contribution in [0.2, 0.25) is 0 Å². The van der Waals surface area contributed by atoms with Gasteiger partial charge in [-0.05, 0) is 70.2 Å². The van der Waals surface area contributed by atoms with Gasteiger partial charge in [0.2, 0.25) is 0 Å². The maximum atomic E-state index is 13.8. The van der Waals surface area contributed by atoms with Gasteiger partial charge in [0, 0.05) is 16.8 Å². The van der Waals surface area contributed by atoms with Crippen molar-refractivity contribution in [2.24, 2.45) is 11.7 Å². The number of imide groups is 1. The van der Waals surface area contributed by atoms with Crippen molar-refractivity contribution in [3.8, 4) is 0 Å². The SMILES string of the molecule is CC1=C(N2C(=O)c3ccccc3C2=O)C(c2ccc(C)cc2)=C(COC(N)=O)C(CC(C)C)N1C(C)(C)C. The van der Waals surface area contributed by atoms with Crippen LogP contribution in [-0.2, 0) is 4.74 Å². The number of nitrogens with zero attached hydrogens (tertiary/aromatic N) is 2. The van der Waals surface area contributed by atoms with Crippen LogP contribution in [0.5, 0.6) is 0 Å². The molecule has 0 saturated carbocycles. The number of allylic oxidation sites excluding steroid dienone is 2. The molecule has 2 heterocycles. The Kier molecular flexibility index (Phi) is 7.24. The van der Waals surface area contributed by atoms with E-state index in [4.69, 9.17) is 10.5 Å². The van der Waals surface area contributed by atoms with Crippen LogP contribution in [0.3, 0.4) is 0 Å². The van der Waals surface area contributed by atoms with Gasteiger partial charge in [-0.3, -0.25) is 9.59 Å². The van der Waals surface area contributed by atoms with E-state index >= 15 is 0 Å². The minimum atomic E-state index is -0.875. The highest BCUT2D eigenvalue weighted by Gasteiger charge is 2.46. The van der Waals surface area contributed by atoms with Crippen molar-refractivity contribution in [3.05, 3.63) is 87.8 Å². The number of benzene rings is 2. The molecule has 0 aromatic heterocycles. The normalized spacial score (nSPS) is 18.1. The summed E-state index contributed by atoms with van der Waals surface area (Å²) in [4.78, 5) is 43.0. The topological polar surface area (TPSA) is 92.9 Å². The zero-order valence-corrected chi connectivity index (χ0v) is 23.3. The standard InChI is InChI=1S/C31H37N3O4/c1-18(2)16-25-24(17-38-30(32)37)26(21-14-12-19(3)13-15-21)27(20(4)34(25)31(5,6)7)33-28(35)22-10-8-9-11-23(22)29(33)36/h8-15,18,25H,16-17H2,1-7H3,(H2,32,37). The van der Waals surface area contributed by atoms with E-state index in [1.54, 1.807) is 24.3 Å². The van der Waals surface area contributed by atoms with Crippen molar-refractivity contribution in [1.29, 1.82) is 0 Å². The summed E-state index contributed by atoms with van der Waals surface area (Å²) >= 11 is 0. The summed E-state index contributed by atoms with van der Waals surface area (Å²) in [6.07, 6.45) is -0.100. The minimum Gasteiger partial charge on any atom is -0.445 e. The molecule has 1 atom stereocenters. The predicted molar refractivity (Wildman–Crippen MR) is 148 cm³/mol. The predicted octanol–water partition coefficient (Wildman–Crippen LogP) is 5.90. The number of hydrogen-bond donors (Lipinski definition) is 1. The Balaban J connectivity index is 2.07. The molecule has 7 heteroatoms. The second kappa shape index (κ2) is 10.1. The lowest BCUT2D eigenvalue weighted by molar-refractivity contribution is 0.0679. The number of carbonyl (C=O) groups is 3. The lowest BCUT2D eigenvalue weighted by Crippen LogP contribution is -2.52. The van der Waals surface area contributed by atoms with Crippen molar-refractivity contribution >= 4 is 23.5 Å². The Morgan fingerprint density at radius 2 is 1.53 bits per heavy atom. The Labute approximate surface area is 224 Å². The van der Waals surface area contributed by atoms with Gasteiger partial charge in [0.05, 0.1) is 22.9 Å². The highest BCUT2D eigenvalue weighted by Crippen LogP contribution is 2.46.